The van der Waals surface area contributed by atoms with E-state index in [2.05, 4.69) is 0 Å². The first-order chi connectivity index (χ1) is 4.31. The van der Waals surface area contributed by atoms with Crippen molar-refractivity contribution in [2.45, 2.75) is 44.1 Å². The van der Waals surface area contributed by atoms with Gasteiger partial charge in [-0.15, -0.1) is 0 Å². The molecule has 2 saturated carbocycles. The lowest BCUT2D eigenvalue weighted by atomic mass is 9.95. The molecule has 1 heteroatoms. The zero-order chi connectivity index (χ0) is 6.32. The van der Waals surface area contributed by atoms with Gasteiger partial charge in [-0.2, -0.15) is 0 Å². The summed E-state index contributed by atoms with van der Waals surface area (Å²) in [5.41, 5.74) is -0.444. The van der Waals surface area contributed by atoms with Gasteiger partial charge in [0.1, 0.15) is 5.60 Å². The second-order valence-corrected chi connectivity index (χ2v) is 3.55. The second kappa shape index (κ2) is 1.72. The van der Waals surface area contributed by atoms with Crippen molar-refractivity contribution in [1.29, 1.82) is 0 Å². The van der Waals surface area contributed by atoms with Crippen LogP contribution in [0.4, 0.5) is 0 Å². The highest BCUT2D eigenvalue weighted by molar-refractivity contribution is 4.96. The molecule has 0 aromatic heterocycles. The van der Waals surface area contributed by atoms with Gasteiger partial charge >= 0.3 is 0 Å². The molecule has 0 amide bonds. The Hall–Kier alpha value is -0.0400. The maximum atomic E-state index is 11.7. The molecular weight excluding hydrogens is 112 g/mol. The fourth-order valence-corrected chi connectivity index (χ4v) is 2.50. The summed E-state index contributed by atoms with van der Waals surface area (Å²) in [6.45, 7) is 0. The number of rotatable bonds is 0. The third-order valence-corrected chi connectivity index (χ3v) is 3.05. The average molecular weight is 125 g/mol. The summed E-state index contributed by atoms with van der Waals surface area (Å²) < 4.78 is 0. The van der Waals surface area contributed by atoms with Crippen LogP contribution in [0, 0.1) is 5.92 Å². The molecule has 9 heavy (non-hydrogen) atoms. The van der Waals surface area contributed by atoms with Gasteiger partial charge in [-0.05, 0) is 31.6 Å². The lowest BCUT2D eigenvalue weighted by Crippen LogP contribution is -2.24. The normalized spacial score (nSPS) is 49.7. The number of fused-ring (bicyclic) bond motifs is 1. The van der Waals surface area contributed by atoms with E-state index in [-0.39, 0.29) is 0 Å². The topological polar surface area (TPSA) is 19.9 Å². The van der Waals surface area contributed by atoms with Gasteiger partial charge in [-0.1, -0.05) is 12.8 Å². The van der Waals surface area contributed by atoms with Crippen molar-refractivity contribution >= 4 is 0 Å². The Labute approximate surface area is 56.1 Å². The van der Waals surface area contributed by atoms with Crippen LogP contribution < -0.4 is 0 Å². The first-order valence-electron chi connectivity index (χ1n) is 4.02. The minimum Gasteiger partial charge on any atom is -0.229 e. The van der Waals surface area contributed by atoms with Gasteiger partial charge in [-0.3, -0.25) is 0 Å². The molecule has 1 nitrogen and oxygen atoms in total. The van der Waals surface area contributed by atoms with Crippen molar-refractivity contribution in [2.24, 2.45) is 5.92 Å². The molecule has 0 heterocycles. The second-order valence-electron chi connectivity index (χ2n) is 3.55. The Morgan fingerprint density at radius 1 is 1.11 bits per heavy atom. The van der Waals surface area contributed by atoms with E-state index in [0.717, 1.165) is 12.8 Å². The van der Waals surface area contributed by atoms with Crippen molar-refractivity contribution in [2.75, 3.05) is 0 Å². The molecule has 0 unspecified atom stereocenters. The lowest BCUT2D eigenvalue weighted by molar-refractivity contribution is -0.0437. The largest absolute Gasteiger partial charge is 0.229 e. The van der Waals surface area contributed by atoms with Crippen LogP contribution in [0.1, 0.15) is 38.5 Å². The summed E-state index contributed by atoms with van der Waals surface area (Å²) in [7, 11) is 0. The molecule has 2 rings (SSSR count). The fourth-order valence-electron chi connectivity index (χ4n) is 2.50. The van der Waals surface area contributed by atoms with E-state index >= 15 is 0 Å². The first-order valence-corrected chi connectivity index (χ1v) is 4.02. The van der Waals surface area contributed by atoms with Crippen molar-refractivity contribution in [3.05, 3.63) is 0 Å². The zero-order valence-electron chi connectivity index (χ0n) is 5.73. The van der Waals surface area contributed by atoms with Crippen LogP contribution in [-0.4, -0.2) is 5.60 Å². The van der Waals surface area contributed by atoms with E-state index in [9.17, 15) is 5.11 Å². The van der Waals surface area contributed by atoms with E-state index in [1.54, 1.807) is 0 Å². The van der Waals surface area contributed by atoms with Crippen LogP contribution in [0.25, 0.3) is 0 Å². The van der Waals surface area contributed by atoms with Crippen LogP contribution in [-0.2, 0) is 5.11 Å². The van der Waals surface area contributed by atoms with E-state index < -0.39 is 5.60 Å². The zero-order valence-corrected chi connectivity index (χ0v) is 5.73. The average Bonchev–Trinajstić information content (AvgIpc) is 2.22. The van der Waals surface area contributed by atoms with Gasteiger partial charge < -0.3 is 0 Å². The van der Waals surface area contributed by atoms with Crippen LogP contribution >= 0.6 is 0 Å². The standard InChI is InChI=1S/C8H13O/c9-8-5-1-3-7(8)4-2-6-8/h7H,1-6H2. The van der Waals surface area contributed by atoms with Gasteiger partial charge in [0.2, 0.25) is 0 Å². The van der Waals surface area contributed by atoms with Crippen molar-refractivity contribution < 1.29 is 5.11 Å². The summed E-state index contributed by atoms with van der Waals surface area (Å²) in [6.07, 6.45) is 6.80. The Morgan fingerprint density at radius 2 is 1.67 bits per heavy atom. The minimum atomic E-state index is -0.444. The number of hydrogen-bond acceptors (Lipinski definition) is 0. The molecule has 1 radical (unpaired) electrons. The third kappa shape index (κ3) is 0.710. The predicted octanol–water partition coefficient (Wildman–Crippen LogP) is 2.14. The monoisotopic (exact) mass is 125 g/mol. The van der Waals surface area contributed by atoms with E-state index in [1.807, 2.05) is 0 Å². The molecule has 0 N–H and O–H groups in total. The van der Waals surface area contributed by atoms with Crippen molar-refractivity contribution in [1.82, 2.24) is 0 Å². The maximum absolute atomic E-state index is 11.7. The molecule has 2 fully saturated rings. The molecule has 0 aliphatic heterocycles. The third-order valence-electron chi connectivity index (χ3n) is 3.05. The van der Waals surface area contributed by atoms with Crippen molar-refractivity contribution in [3.8, 4) is 0 Å². The van der Waals surface area contributed by atoms with Gasteiger partial charge in [0.25, 0.3) is 0 Å². The Morgan fingerprint density at radius 3 is 2.11 bits per heavy atom. The first kappa shape index (κ1) is 5.72. The summed E-state index contributed by atoms with van der Waals surface area (Å²) in [6, 6.07) is 0. The maximum Gasteiger partial charge on any atom is 0.106 e. The summed E-state index contributed by atoms with van der Waals surface area (Å²) >= 11 is 0. The molecular formula is C8H13O. The van der Waals surface area contributed by atoms with Gasteiger partial charge in [0.15, 0.2) is 0 Å². The molecule has 2 aliphatic rings. The highest BCUT2D eigenvalue weighted by atomic mass is 16.3. The highest BCUT2D eigenvalue weighted by Gasteiger charge is 2.45. The minimum absolute atomic E-state index is 0.444. The summed E-state index contributed by atoms with van der Waals surface area (Å²) in [4.78, 5) is 0. The van der Waals surface area contributed by atoms with Gasteiger partial charge in [0, 0.05) is 0 Å². The Bertz CT molecular complexity index is 110. The van der Waals surface area contributed by atoms with Crippen LogP contribution in [0.15, 0.2) is 0 Å². The molecule has 2 aliphatic carbocycles. The molecule has 0 aromatic carbocycles. The molecule has 0 bridgehead atoms. The Balaban J connectivity index is 2.17. The fraction of sp³-hybridized carbons (Fsp3) is 1.00. The summed E-state index contributed by atoms with van der Waals surface area (Å²) in [5, 5.41) is 11.7. The van der Waals surface area contributed by atoms with Crippen LogP contribution in [0.5, 0.6) is 0 Å². The molecule has 0 aromatic rings. The van der Waals surface area contributed by atoms with Gasteiger partial charge in [0.05, 0.1) is 0 Å². The molecule has 0 spiro atoms. The summed E-state index contributed by atoms with van der Waals surface area (Å²) in [5.74, 6) is 0.567. The van der Waals surface area contributed by atoms with E-state index in [1.165, 1.54) is 25.7 Å². The van der Waals surface area contributed by atoms with Crippen LogP contribution in [0.2, 0.25) is 0 Å². The predicted molar refractivity (Wildman–Crippen MR) is 34.6 cm³/mol. The highest BCUT2D eigenvalue weighted by Crippen LogP contribution is 2.47. The van der Waals surface area contributed by atoms with E-state index in [0.29, 0.717) is 5.92 Å². The van der Waals surface area contributed by atoms with E-state index in [4.69, 9.17) is 0 Å². The lowest BCUT2D eigenvalue weighted by Gasteiger charge is -2.17. The van der Waals surface area contributed by atoms with Crippen molar-refractivity contribution in [3.63, 3.8) is 0 Å². The molecule has 51 valence electrons. The SMILES string of the molecule is [O]C12CCCC1CCC2. The molecule has 0 saturated heterocycles. The Kier molecular flexibility index (Phi) is 1.10. The number of hydrogen-bond donors (Lipinski definition) is 0. The van der Waals surface area contributed by atoms with Crippen LogP contribution in [0.3, 0.4) is 0 Å². The quantitative estimate of drug-likeness (QED) is 0.472. The molecule has 0 atom stereocenters. The van der Waals surface area contributed by atoms with Gasteiger partial charge in [-0.25, -0.2) is 5.11 Å². The smallest absolute Gasteiger partial charge is 0.106 e.